The summed E-state index contributed by atoms with van der Waals surface area (Å²) in [5.74, 6) is -4.71. The molecular formula is C28H20ClNO5. The quantitative estimate of drug-likeness (QED) is 0.390. The highest BCUT2D eigenvalue weighted by Crippen LogP contribution is 2.58. The lowest BCUT2D eigenvalue weighted by Gasteiger charge is -2.28. The Hall–Kier alpha value is -3.61. The van der Waals surface area contributed by atoms with Crippen LogP contribution in [0.2, 0.25) is 5.02 Å². The largest absolute Gasteiger partial charge is 0.349 e. The van der Waals surface area contributed by atoms with Gasteiger partial charge in [-0.1, -0.05) is 66.2 Å². The van der Waals surface area contributed by atoms with Crippen molar-refractivity contribution in [3.8, 4) is 0 Å². The molecule has 6 rings (SSSR count). The van der Waals surface area contributed by atoms with Crippen LogP contribution in [0.3, 0.4) is 0 Å². The first-order chi connectivity index (χ1) is 16.8. The van der Waals surface area contributed by atoms with E-state index in [2.05, 4.69) is 0 Å². The van der Waals surface area contributed by atoms with Crippen LogP contribution in [0.25, 0.3) is 0 Å². The van der Waals surface area contributed by atoms with Crippen LogP contribution in [0.5, 0.6) is 0 Å². The van der Waals surface area contributed by atoms with Gasteiger partial charge in [-0.25, -0.2) is 4.90 Å². The minimum absolute atomic E-state index is 0.203. The van der Waals surface area contributed by atoms with Crippen LogP contribution < -0.4 is 4.90 Å². The van der Waals surface area contributed by atoms with Gasteiger partial charge in [0.05, 0.1) is 28.6 Å². The maximum absolute atomic E-state index is 13.9. The van der Waals surface area contributed by atoms with Gasteiger partial charge in [-0.3, -0.25) is 19.2 Å². The number of rotatable bonds is 2. The Morgan fingerprint density at radius 1 is 0.800 bits per heavy atom. The van der Waals surface area contributed by atoms with Crippen LogP contribution in [-0.4, -0.2) is 29.0 Å². The number of ketones is 2. The summed E-state index contributed by atoms with van der Waals surface area (Å²) in [6.07, 6.45) is -0.953. The molecule has 2 saturated heterocycles. The number of para-hydroxylation sites is 1. The molecule has 3 aromatic rings. The van der Waals surface area contributed by atoms with Crippen molar-refractivity contribution >= 4 is 40.7 Å². The second-order valence-electron chi connectivity index (χ2n) is 9.23. The van der Waals surface area contributed by atoms with Gasteiger partial charge in [-0.2, -0.15) is 0 Å². The van der Waals surface area contributed by atoms with E-state index in [-0.39, 0.29) is 21.8 Å². The predicted octanol–water partition coefficient (Wildman–Crippen LogP) is 4.65. The number of benzene rings is 3. The molecule has 0 radical (unpaired) electrons. The number of Topliss-reactive ketones (excluding diaryl/α,β-unsaturated/α-hetero) is 2. The van der Waals surface area contributed by atoms with Crippen molar-refractivity contribution in [1.29, 1.82) is 0 Å². The maximum atomic E-state index is 13.9. The summed E-state index contributed by atoms with van der Waals surface area (Å²) in [7, 11) is 0. The molecule has 3 atom stereocenters. The number of amides is 2. The number of hydrogen-bond donors (Lipinski definition) is 0. The van der Waals surface area contributed by atoms with E-state index in [0.29, 0.717) is 5.56 Å². The lowest BCUT2D eigenvalue weighted by molar-refractivity contribution is -0.127. The van der Waals surface area contributed by atoms with Crippen LogP contribution >= 0.6 is 11.6 Å². The molecule has 0 unspecified atom stereocenters. The van der Waals surface area contributed by atoms with Gasteiger partial charge in [0.25, 0.3) is 0 Å². The maximum Gasteiger partial charge on any atom is 0.241 e. The fraction of sp³-hybridized carbons (Fsp3) is 0.214. The Balaban J connectivity index is 1.59. The average Bonchev–Trinajstić information content (AvgIpc) is 3.41. The van der Waals surface area contributed by atoms with Crippen molar-refractivity contribution in [2.24, 2.45) is 11.8 Å². The van der Waals surface area contributed by atoms with E-state index >= 15 is 0 Å². The van der Waals surface area contributed by atoms with E-state index in [9.17, 15) is 19.2 Å². The lowest BCUT2D eigenvalue weighted by Crippen LogP contribution is -2.51. The number of anilines is 1. The van der Waals surface area contributed by atoms with Crippen molar-refractivity contribution in [2.45, 2.75) is 25.6 Å². The molecule has 2 aliphatic heterocycles. The van der Waals surface area contributed by atoms with Gasteiger partial charge in [0.1, 0.15) is 0 Å². The number of carbonyl (C=O) groups is 4. The molecule has 0 bridgehead atoms. The second-order valence-corrected chi connectivity index (χ2v) is 9.64. The monoisotopic (exact) mass is 485 g/mol. The highest BCUT2D eigenvalue weighted by Gasteiger charge is 2.75. The van der Waals surface area contributed by atoms with Gasteiger partial charge in [-0.05, 0) is 42.7 Å². The summed E-state index contributed by atoms with van der Waals surface area (Å²) < 4.78 is 6.36. The minimum atomic E-state index is -2.10. The summed E-state index contributed by atoms with van der Waals surface area (Å²) >= 11 is 6.36. The predicted molar refractivity (Wildman–Crippen MR) is 129 cm³/mol. The SMILES string of the molecule is Cc1cccc([C@H]2OC3(C(=O)c4ccccc4C3=O)[C@H]3C(=O)N(c4ccccc4Cl)C(=O)[C@H]23)c1C. The molecule has 1 aliphatic carbocycles. The molecule has 35 heavy (non-hydrogen) atoms. The van der Waals surface area contributed by atoms with Crippen molar-refractivity contribution < 1.29 is 23.9 Å². The van der Waals surface area contributed by atoms with Gasteiger partial charge in [0.2, 0.25) is 29.0 Å². The summed E-state index contributed by atoms with van der Waals surface area (Å²) in [5, 5.41) is 0.222. The molecule has 2 fully saturated rings. The van der Waals surface area contributed by atoms with Crippen molar-refractivity contribution in [3.05, 3.63) is 99.6 Å². The topological polar surface area (TPSA) is 80.8 Å². The normalized spacial score (nSPS) is 24.4. The lowest BCUT2D eigenvalue weighted by atomic mass is 9.76. The van der Waals surface area contributed by atoms with E-state index in [0.717, 1.165) is 16.0 Å². The molecule has 0 aromatic heterocycles. The molecule has 0 saturated carbocycles. The Kier molecular flexibility index (Phi) is 4.66. The number of aryl methyl sites for hydroxylation is 1. The standard InChI is InChI=1S/C28H20ClNO5/c1-14-8-7-11-16(15(14)2)23-21-22(27(34)30(26(21)33)20-13-6-5-12-19(20)29)28(35-23)24(31)17-9-3-4-10-18(17)25(28)32/h3-13,21-23H,1-2H3/t21-,22+,23+/m0/s1. The highest BCUT2D eigenvalue weighted by atomic mass is 35.5. The fourth-order valence-electron chi connectivity index (χ4n) is 5.75. The van der Waals surface area contributed by atoms with Crippen LogP contribution in [0.1, 0.15) is 43.5 Å². The van der Waals surface area contributed by atoms with E-state index in [1.807, 2.05) is 32.0 Å². The Labute approximate surface area is 206 Å². The first-order valence-corrected chi connectivity index (χ1v) is 11.7. The molecule has 0 N–H and O–H groups in total. The minimum Gasteiger partial charge on any atom is -0.349 e. The molecule has 3 aliphatic rings. The van der Waals surface area contributed by atoms with E-state index < -0.39 is 46.9 Å². The summed E-state index contributed by atoms with van der Waals surface area (Å²) in [4.78, 5) is 56.5. The van der Waals surface area contributed by atoms with Crippen LogP contribution in [0, 0.1) is 25.7 Å². The van der Waals surface area contributed by atoms with Gasteiger partial charge in [0, 0.05) is 11.1 Å². The number of hydrogen-bond acceptors (Lipinski definition) is 5. The number of nitrogens with zero attached hydrogens (tertiary/aromatic N) is 1. The second kappa shape index (κ2) is 7.44. The van der Waals surface area contributed by atoms with Gasteiger partial charge in [-0.15, -0.1) is 0 Å². The summed E-state index contributed by atoms with van der Waals surface area (Å²) in [6, 6.07) is 18.5. The first-order valence-electron chi connectivity index (χ1n) is 11.3. The molecule has 174 valence electrons. The van der Waals surface area contributed by atoms with Crippen LogP contribution in [-0.2, 0) is 14.3 Å². The Morgan fingerprint density at radius 2 is 1.43 bits per heavy atom. The molecule has 1 spiro atoms. The zero-order valence-corrected chi connectivity index (χ0v) is 19.7. The molecule has 3 aromatic carbocycles. The zero-order valence-electron chi connectivity index (χ0n) is 18.9. The van der Waals surface area contributed by atoms with Gasteiger partial charge < -0.3 is 4.74 Å². The average molecular weight is 486 g/mol. The van der Waals surface area contributed by atoms with Crippen molar-refractivity contribution in [1.82, 2.24) is 0 Å². The molecule has 2 amide bonds. The first kappa shape index (κ1) is 21.9. The molecule has 2 heterocycles. The van der Waals surface area contributed by atoms with Gasteiger partial charge in [0.15, 0.2) is 0 Å². The van der Waals surface area contributed by atoms with E-state index in [4.69, 9.17) is 16.3 Å². The number of halogens is 1. The third-order valence-electron chi connectivity index (χ3n) is 7.57. The van der Waals surface area contributed by atoms with Crippen LogP contribution in [0.15, 0.2) is 66.7 Å². The zero-order chi connectivity index (χ0) is 24.6. The third kappa shape index (κ3) is 2.69. The van der Waals surface area contributed by atoms with Crippen molar-refractivity contribution in [2.75, 3.05) is 4.90 Å². The van der Waals surface area contributed by atoms with Crippen LogP contribution in [0.4, 0.5) is 5.69 Å². The smallest absolute Gasteiger partial charge is 0.241 e. The molecular weight excluding hydrogens is 466 g/mol. The molecule has 7 heteroatoms. The third-order valence-corrected chi connectivity index (χ3v) is 7.89. The summed E-state index contributed by atoms with van der Waals surface area (Å²) in [5.41, 5.74) is 1.05. The number of ether oxygens (including phenoxy) is 1. The fourth-order valence-corrected chi connectivity index (χ4v) is 5.97. The summed E-state index contributed by atoms with van der Waals surface area (Å²) in [6.45, 7) is 3.83. The molecule has 6 nitrogen and oxygen atoms in total. The van der Waals surface area contributed by atoms with E-state index in [1.54, 1.807) is 48.5 Å². The number of carbonyl (C=O) groups excluding carboxylic acids is 4. The Morgan fingerprint density at radius 3 is 2.09 bits per heavy atom. The Bertz CT molecular complexity index is 1440. The number of imide groups is 1. The number of fused-ring (bicyclic) bond motifs is 3. The van der Waals surface area contributed by atoms with Crippen molar-refractivity contribution in [3.63, 3.8) is 0 Å². The van der Waals surface area contributed by atoms with Gasteiger partial charge >= 0.3 is 0 Å². The highest BCUT2D eigenvalue weighted by molar-refractivity contribution is 6.39. The van der Waals surface area contributed by atoms with E-state index in [1.165, 1.54) is 0 Å².